The Morgan fingerprint density at radius 3 is 2.96 bits per heavy atom. The van der Waals surface area contributed by atoms with E-state index in [1.807, 2.05) is 35.2 Å². The van der Waals surface area contributed by atoms with Crippen LogP contribution in [0.4, 0.5) is 0 Å². The quantitative estimate of drug-likeness (QED) is 0.760. The highest BCUT2D eigenvalue weighted by atomic mass is 79.9. The first-order valence-corrected chi connectivity index (χ1v) is 8.54. The van der Waals surface area contributed by atoms with Crippen molar-refractivity contribution in [3.05, 3.63) is 52.6 Å². The fraction of sp³-hybridized carbons (Fsp3) is 0.353. The largest absolute Gasteiger partial charge is 0.343 e. The lowest BCUT2D eigenvalue weighted by Crippen LogP contribution is -2.34. The number of hydrogen-bond acceptors (Lipinski definition) is 4. The molecular weight excluding hydrogens is 358 g/mol. The van der Waals surface area contributed by atoms with Gasteiger partial charge in [0.1, 0.15) is 0 Å². The monoisotopic (exact) mass is 375 g/mol. The third-order valence-electron chi connectivity index (χ3n) is 4.02. The smallest absolute Gasteiger partial charge is 0.247 e. The Bertz CT molecular complexity index is 685. The van der Waals surface area contributed by atoms with Crippen LogP contribution in [0.2, 0.25) is 0 Å². The van der Waals surface area contributed by atoms with Crippen molar-refractivity contribution in [2.24, 2.45) is 0 Å². The summed E-state index contributed by atoms with van der Waals surface area (Å²) in [6, 6.07) is 7.71. The molecule has 1 aliphatic heterocycles. The molecule has 1 aromatic carbocycles. The van der Waals surface area contributed by atoms with E-state index in [4.69, 9.17) is 4.52 Å². The summed E-state index contributed by atoms with van der Waals surface area (Å²) < 4.78 is 5.83. The average molecular weight is 376 g/mol. The Morgan fingerprint density at radius 2 is 2.17 bits per heavy atom. The molecule has 1 saturated heterocycles. The Labute approximate surface area is 143 Å². The van der Waals surface area contributed by atoms with E-state index in [1.165, 1.54) is 6.39 Å². The van der Waals surface area contributed by atoms with E-state index in [1.54, 1.807) is 6.08 Å². The zero-order chi connectivity index (χ0) is 16.1. The van der Waals surface area contributed by atoms with E-state index in [2.05, 4.69) is 26.1 Å². The number of likely N-dealkylation sites (tertiary alicyclic amines) is 1. The van der Waals surface area contributed by atoms with Crippen molar-refractivity contribution < 1.29 is 9.32 Å². The number of halogens is 1. The summed E-state index contributed by atoms with van der Waals surface area (Å²) in [7, 11) is 0. The standard InChI is InChI=1S/C17H18BrN3O2/c18-14-7-4-3-6-13(14)9-10-16(22)21-11-5-1-2-8-15(21)17-19-12-23-20-17/h3-4,6-7,9-10,12,15H,1-2,5,8,11H2/b10-9+. The van der Waals surface area contributed by atoms with E-state index < -0.39 is 0 Å². The highest BCUT2D eigenvalue weighted by molar-refractivity contribution is 9.10. The number of amides is 1. The Kier molecular flexibility index (Phi) is 5.23. The first-order chi connectivity index (χ1) is 11.3. The summed E-state index contributed by atoms with van der Waals surface area (Å²) in [4.78, 5) is 18.7. The molecule has 1 aromatic heterocycles. The van der Waals surface area contributed by atoms with Crippen molar-refractivity contribution >= 4 is 27.9 Å². The molecule has 0 spiro atoms. The predicted octanol–water partition coefficient (Wildman–Crippen LogP) is 3.99. The van der Waals surface area contributed by atoms with E-state index in [0.29, 0.717) is 5.82 Å². The van der Waals surface area contributed by atoms with Crippen LogP contribution in [0, 0.1) is 0 Å². The number of benzene rings is 1. The SMILES string of the molecule is O=C(/C=C/c1ccccc1Br)N1CCCCCC1c1ncon1. The molecule has 0 saturated carbocycles. The van der Waals surface area contributed by atoms with Crippen molar-refractivity contribution in [2.45, 2.75) is 31.7 Å². The molecule has 23 heavy (non-hydrogen) atoms. The van der Waals surface area contributed by atoms with E-state index in [0.717, 1.165) is 42.3 Å². The van der Waals surface area contributed by atoms with Crippen LogP contribution in [-0.4, -0.2) is 27.5 Å². The van der Waals surface area contributed by atoms with Crippen LogP contribution in [0.3, 0.4) is 0 Å². The maximum atomic E-state index is 12.7. The molecule has 1 aliphatic rings. The summed E-state index contributed by atoms with van der Waals surface area (Å²) in [5.41, 5.74) is 0.979. The molecule has 1 atom stereocenters. The lowest BCUT2D eigenvalue weighted by Gasteiger charge is -2.26. The van der Waals surface area contributed by atoms with Crippen LogP contribution in [0.15, 0.2) is 45.7 Å². The zero-order valence-electron chi connectivity index (χ0n) is 12.7. The van der Waals surface area contributed by atoms with Gasteiger partial charge in [0.15, 0.2) is 5.82 Å². The van der Waals surface area contributed by atoms with E-state index in [-0.39, 0.29) is 11.9 Å². The molecule has 0 aliphatic carbocycles. The van der Waals surface area contributed by atoms with Gasteiger partial charge >= 0.3 is 0 Å². The van der Waals surface area contributed by atoms with Gasteiger partial charge in [-0.1, -0.05) is 52.1 Å². The second-order valence-electron chi connectivity index (χ2n) is 5.54. The summed E-state index contributed by atoms with van der Waals surface area (Å²) in [5.74, 6) is 0.576. The fourth-order valence-corrected chi connectivity index (χ4v) is 3.25. The first-order valence-electron chi connectivity index (χ1n) is 7.75. The Hall–Kier alpha value is -1.95. The zero-order valence-corrected chi connectivity index (χ0v) is 14.3. The molecule has 1 unspecified atom stereocenters. The van der Waals surface area contributed by atoms with Gasteiger partial charge in [-0.05, 0) is 30.5 Å². The van der Waals surface area contributed by atoms with Crippen molar-refractivity contribution in [1.29, 1.82) is 0 Å². The maximum Gasteiger partial charge on any atom is 0.247 e. The van der Waals surface area contributed by atoms with Crippen LogP contribution in [-0.2, 0) is 4.79 Å². The van der Waals surface area contributed by atoms with Gasteiger partial charge in [-0.3, -0.25) is 4.79 Å². The molecule has 0 N–H and O–H groups in total. The summed E-state index contributed by atoms with van der Waals surface area (Å²) >= 11 is 3.49. The molecule has 2 heterocycles. The number of carbonyl (C=O) groups excluding carboxylic acids is 1. The van der Waals surface area contributed by atoms with Gasteiger partial charge < -0.3 is 9.42 Å². The number of carbonyl (C=O) groups is 1. The first kappa shape index (κ1) is 15.9. The minimum Gasteiger partial charge on any atom is -0.343 e. The minimum absolute atomic E-state index is 0.0162. The van der Waals surface area contributed by atoms with Gasteiger partial charge in [-0.2, -0.15) is 4.98 Å². The molecule has 5 nitrogen and oxygen atoms in total. The highest BCUT2D eigenvalue weighted by Crippen LogP contribution is 2.28. The van der Waals surface area contributed by atoms with Crippen molar-refractivity contribution in [3.63, 3.8) is 0 Å². The second kappa shape index (κ2) is 7.55. The van der Waals surface area contributed by atoms with Gasteiger partial charge in [0.25, 0.3) is 0 Å². The normalized spacial score (nSPS) is 19.0. The minimum atomic E-state index is -0.104. The second-order valence-corrected chi connectivity index (χ2v) is 6.40. The molecule has 0 bridgehead atoms. The van der Waals surface area contributed by atoms with Gasteiger partial charge in [0.2, 0.25) is 12.3 Å². The number of nitrogens with zero attached hydrogens (tertiary/aromatic N) is 3. The fourth-order valence-electron chi connectivity index (χ4n) is 2.83. The number of rotatable bonds is 3. The molecule has 1 fully saturated rings. The van der Waals surface area contributed by atoms with Gasteiger partial charge in [-0.25, -0.2) is 0 Å². The number of aromatic nitrogens is 2. The van der Waals surface area contributed by atoms with E-state index >= 15 is 0 Å². The van der Waals surface area contributed by atoms with Crippen LogP contribution in [0.25, 0.3) is 6.08 Å². The maximum absolute atomic E-state index is 12.7. The van der Waals surface area contributed by atoms with Gasteiger partial charge in [0, 0.05) is 17.1 Å². The van der Waals surface area contributed by atoms with Gasteiger partial charge in [-0.15, -0.1) is 0 Å². The van der Waals surface area contributed by atoms with Crippen LogP contribution >= 0.6 is 15.9 Å². The summed E-state index contributed by atoms with van der Waals surface area (Å²) in [6.07, 6.45) is 8.84. The molecule has 2 aromatic rings. The van der Waals surface area contributed by atoms with Gasteiger partial charge in [0.05, 0.1) is 6.04 Å². The predicted molar refractivity (Wildman–Crippen MR) is 90.4 cm³/mol. The topological polar surface area (TPSA) is 59.2 Å². The van der Waals surface area contributed by atoms with Crippen molar-refractivity contribution in [3.8, 4) is 0 Å². The molecule has 3 rings (SSSR count). The molecular formula is C17H18BrN3O2. The number of hydrogen-bond donors (Lipinski definition) is 0. The Morgan fingerprint density at radius 1 is 1.30 bits per heavy atom. The van der Waals surface area contributed by atoms with E-state index in [9.17, 15) is 4.79 Å². The van der Waals surface area contributed by atoms with Crippen molar-refractivity contribution in [2.75, 3.05) is 6.54 Å². The summed E-state index contributed by atoms with van der Waals surface area (Å²) in [5, 5.41) is 3.94. The van der Waals surface area contributed by atoms with Crippen LogP contribution in [0.1, 0.15) is 43.1 Å². The average Bonchev–Trinajstić information content (AvgIpc) is 2.98. The molecule has 1 amide bonds. The lowest BCUT2D eigenvalue weighted by atomic mass is 10.1. The molecule has 120 valence electrons. The molecule has 6 heteroatoms. The third-order valence-corrected chi connectivity index (χ3v) is 4.75. The van der Waals surface area contributed by atoms with Crippen LogP contribution in [0.5, 0.6) is 0 Å². The highest BCUT2D eigenvalue weighted by Gasteiger charge is 2.28. The Balaban J connectivity index is 1.79. The summed E-state index contributed by atoms with van der Waals surface area (Å²) in [6.45, 7) is 0.721. The molecule has 0 radical (unpaired) electrons. The lowest BCUT2D eigenvalue weighted by molar-refractivity contribution is -0.128. The third kappa shape index (κ3) is 3.88. The van der Waals surface area contributed by atoms with Crippen molar-refractivity contribution in [1.82, 2.24) is 15.0 Å². The van der Waals surface area contributed by atoms with Crippen LogP contribution < -0.4 is 0 Å².